The molecule has 1 unspecified atom stereocenters. The van der Waals surface area contributed by atoms with Crippen molar-refractivity contribution in [1.82, 2.24) is 10.6 Å². The van der Waals surface area contributed by atoms with E-state index in [1.807, 2.05) is 11.8 Å². The average molecular weight is 233 g/mol. The second-order valence-corrected chi connectivity index (χ2v) is 4.55. The molecule has 0 radical (unpaired) electrons. The zero-order chi connectivity index (χ0) is 11.5. The second kappa shape index (κ2) is 10.1. The predicted molar refractivity (Wildman–Crippen MR) is 68.8 cm³/mol. The van der Waals surface area contributed by atoms with Crippen LogP contribution >= 0.6 is 11.8 Å². The Morgan fingerprint density at radius 1 is 1.47 bits per heavy atom. The number of thioether (sulfide) groups is 1. The molecule has 5 heteroatoms. The first kappa shape index (κ1) is 14.6. The number of methoxy groups -OCH3 is 1. The van der Waals surface area contributed by atoms with Crippen molar-refractivity contribution in [1.29, 1.82) is 0 Å². The van der Waals surface area contributed by atoms with Gasteiger partial charge in [0.15, 0.2) is 5.96 Å². The highest BCUT2D eigenvalue weighted by molar-refractivity contribution is 7.99. The van der Waals surface area contributed by atoms with E-state index in [1.54, 1.807) is 14.2 Å². The highest BCUT2D eigenvalue weighted by Gasteiger charge is 2.00. The summed E-state index contributed by atoms with van der Waals surface area (Å²) in [4.78, 5) is 4.14. The molecule has 0 rings (SSSR count). The van der Waals surface area contributed by atoms with Crippen LogP contribution in [0, 0.1) is 0 Å². The SMILES string of the molecule is CN=C(NCCCOC)NCC(C)SC. The van der Waals surface area contributed by atoms with Crippen molar-refractivity contribution in [3.63, 3.8) is 0 Å². The first-order valence-corrected chi connectivity index (χ1v) is 6.49. The predicted octanol–water partition coefficient (Wildman–Crippen LogP) is 0.939. The van der Waals surface area contributed by atoms with Gasteiger partial charge in [-0.15, -0.1) is 0 Å². The summed E-state index contributed by atoms with van der Waals surface area (Å²) in [6.45, 7) is 4.80. The number of hydrogen-bond acceptors (Lipinski definition) is 3. The molecule has 0 fully saturated rings. The number of aliphatic imine (C=N–C) groups is 1. The number of hydrogen-bond donors (Lipinski definition) is 2. The van der Waals surface area contributed by atoms with Gasteiger partial charge < -0.3 is 15.4 Å². The molecule has 0 aromatic heterocycles. The van der Waals surface area contributed by atoms with E-state index >= 15 is 0 Å². The molecular weight excluding hydrogens is 210 g/mol. The summed E-state index contributed by atoms with van der Waals surface area (Å²) >= 11 is 1.84. The van der Waals surface area contributed by atoms with Crippen LogP contribution in [0.15, 0.2) is 4.99 Å². The maximum atomic E-state index is 4.97. The summed E-state index contributed by atoms with van der Waals surface area (Å²) in [7, 11) is 3.50. The number of guanidine groups is 1. The van der Waals surface area contributed by atoms with Crippen molar-refractivity contribution >= 4 is 17.7 Å². The van der Waals surface area contributed by atoms with E-state index in [4.69, 9.17) is 4.74 Å². The minimum absolute atomic E-state index is 0.600. The Hall–Kier alpha value is -0.420. The van der Waals surface area contributed by atoms with Crippen molar-refractivity contribution in [2.24, 2.45) is 4.99 Å². The lowest BCUT2D eigenvalue weighted by Crippen LogP contribution is -2.40. The maximum absolute atomic E-state index is 4.97. The molecule has 0 aliphatic carbocycles. The summed E-state index contributed by atoms with van der Waals surface area (Å²) in [5.74, 6) is 0.868. The van der Waals surface area contributed by atoms with Crippen molar-refractivity contribution in [2.45, 2.75) is 18.6 Å². The third kappa shape index (κ3) is 8.57. The fraction of sp³-hybridized carbons (Fsp3) is 0.900. The summed E-state index contributed by atoms with van der Waals surface area (Å²) in [6, 6.07) is 0. The Morgan fingerprint density at radius 2 is 2.20 bits per heavy atom. The lowest BCUT2D eigenvalue weighted by atomic mass is 10.4. The van der Waals surface area contributed by atoms with Gasteiger partial charge >= 0.3 is 0 Å². The minimum Gasteiger partial charge on any atom is -0.385 e. The molecule has 2 N–H and O–H groups in total. The van der Waals surface area contributed by atoms with Crippen LogP contribution in [0.5, 0.6) is 0 Å². The van der Waals surface area contributed by atoms with Crippen LogP contribution in [0.2, 0.25) is 0 Å². The van der Waals surface area contributed by atoms with E-state index in [0.29, 0.717) is 5.25 Å². The van der Waals surface area contributed by atoms with Gasteiger partial charge in [-0.2, -0.15) is 11.8 Å². The molecule has 0 saturated heterocycles. The van der Waals surface area contributed by atoms with Crippen LogP contribution < -0.4 is 10.6 Å². The molecule has 0 heterocycles. The van der Waals surface area contributed by atoms with Gasteiger partial charge in [0.05, 0.1) is 0 Å². The third-order valence-corrected chi connectivity index (χ3v) is 2.97. The largest absolute Gasteiger partial charge is 0.385 e. The maximum Gasteiger partial charge on any atom is 0.191 e. The van der Waals surface area contributed by atoms with Gasteiger partial charge in [-0.1, -0.05) is 6.92 Å². The second-order valence-electron chi connectivity index (χ2n) is 3.27. The fourth-order valence-electron chi connectivity index (χ4n) is 0.968. The molecule has 0 aliphatic rings. The van der Waals surface area contributed by atoms with Gasteiger partial charge in [-0.25, -0.2) is 0 Å². The Bertz CT molecular complexity index is 176. The molecule has 0 amide bonds. The highest BCUT2D eigenvalue weighted by atomic mass is 32.2. The van der Waals surface area contributed by atoms with Gasteiger partial charge in [0.25, 0.3) is 0 Å². The van der Waals surface area contributed by atoms with Gasteiger partial charge in [0, 0.05) is 39.1 Å². The molecule has 90 valence electrons. The van der Waals surface area contributed by atoms with Crippen molar-refractivity contribution in [3.8, 4) is 0 Å². The van der Waals surface area contributed by atoms with Crippen LogP contribution in [-0.2, 0) is 4.74 Å². The fourth-order valence-corrected chi connectivity index (χ4v) is 1.22. The standard InChI is InChI=1S/C10H23N3OS/c1-9(15-4)8-13-10(11-2)12-6-5-7-14-3/h9H,5-8H2,1-4H3,(H2,11,12,13). The highest BCUT2D eigenvalue weighted by Crippen LogP contribution is 2.01. The van der Waals surface area contributed by atoms with Crippen LogP contribution in [0.4, 0.5) is 0 Å². The van der Waals surface area contributed by atoms with Gasteiger partial charge in [-0.3, -0.25) is 4.99 Å². The summed E-state index contributed by atoms with van der Waals surface area (Å²) in [5.41, 5.74) is 0. The minimum atomic E-state index is 0.600. The monoisotopic (exact) mass is 233 g/mol. The summed E-state index contributed by atoms with van der Waals surface area (Å²) in [6.07, 6.45) is 3.11. The van der Waals surface area contributed by atoms with E-state index in [9.17, 15) is 0 Å². The molecule has 0 aromatic rings. The van der Waals surface area contributed by atoms with E-state index < -0.39 is 0 Å². The molecule has 15 heavy (non-hydrogen) atoms. The quantitative estimate of drug-likeness (QED) is 0.390. The number of nitrogens with one attached hydrogen (secondary N) is 2. The molecule has 1 atom stereocenters. The zero-order valence-corrected chi connectivity index (χ0v) is 11.0. The van der Waals surface area contributed by atoms with E-state index in [-0.39, 0.29) is 0 Å². The number of ether oxygens (including phenoxy) is 1. The molecule has 0 saturated carbocycles. The Labute approximate surface area is 97.3 Å². The Kier molecular flexibility index (Phi) is 9.83. The topological polar surface area (TPSA) is 45.7 Å². The van der Waals surface area contributed by atoms with Crippen LogP contribution in [0.1, 0.15) is 13.3 Å². The molecule has 4 nitrogen and oxygen atoms in total. The number of rotatable bonds is 7. The molecular formula is C10H23N3OS. The molecule has 0 aromatic carbocycles. The van der Waals surface area contributed by atoms with E-state index in [2.05, 4.69) is 28.8 Å². The van der Waals surface area contributed by atoms with Crippen LogP contribution in [-0.4, -0.2) is 51.3 Å². The third-order valence-electron chi connectivity index (χ3n) is 2.00. The number of nitrogens with zero attached hydrogens (tertiary/aromatic N) is 1. The van der Waals surface area contributed by atoms with Crippen molar-refractivity contribution in [3.05, 3.63) is 0 Å². The van der Waals surface area contributed by atoms with Gasteiger partial charge in [0.2, 0.25) is 0 Å². The van der Waals surface area contributed by atoms with Crippen molar-refractivity contribution < 1.29 is 4.74 Å². The molecule has 0 bridgehead atoms. The van der Waals surface area contributed by atoms with Crippen LogP contribution in [0.25, 0.3) is 0 Å². The molecule has 0 spiro atoms. The normalized spacial score (nSPS) is 13.7. The summed E-state index contributed by atoms with van der Waals surface area (Å²) in [5, 5.41) is 7.11. The van der Waals surface area contributed by atoms with E-state index in [0.717, 1.165) is 32.1 Å². The first-order valence-electron chi connectivity index (χ1n) is 5.20. The van der Waals surface area contributed by atoms with Crippen LogP contribution in [0.3, 0.4) is 0 Å². The van der Waals surface area contributed by atoms with Crippen molar-refractivity contribution in [2.75, 3.05) is 40.1 Å². The Morgan fingerprint density at radius 3 is 2.73 bits per heavy atom. The lowest BCUT2D eigenvalue weighted by Gasteiger charge is -2.14. The smallest absolute Gasteiger partial charge is 0.191 e. The average Bonchev–Trinajstić information content (AvgIpc) is 2.27. The molecule has 0 aliphatic heterocycles. The Balaban J connectivity index is 3.56. The first-order chi connectivity index (χ1) is 7.24. The van der Waals surface area contributed by atoms with Gasteiger partial charge in [-0.05, 0) is 12.7 Å². The van der Waals surface area contributed by atoms with E-state index in [1.165, 1.54) is 0 Å². The summed E-state index contributed by atoms with van der Waals surface area (Å²) < 4.78 is 4.97. The lowest BCUT2D eigenvalue weighted by molar-refractivity contribution is 0.195. The zero-order valence-electron chi connectivity index (χ0n) is 10.2. The van der Waals surface area contributed by atoms with Gasteiger partial charge in [0.1, 0.15) is 0 Å².